The number of nitrogens with zero attached hydrogens (tertiary/aromatic N) is 4. The van der Waals surface area contributed by atoms with E-state index in [4.69, 9.17) is 0 Å². The Morgan fingerprint density at radius 2 is 2.18 bits per heavy atom. The maximum atomic E-state index is 14.0. The van der Waals surface area contributed by atoms with E-state index in [9.17, 15) is 4.39 Å². The second kappa shape index (κ2) is 11.1. The van der Waals surface area contributed by atoms with Gasteiger partial charge in [0.2, 0.25) is 0 Å². The Hall–Kier alpha value is -1.16. The molecule has 0 saturated carbocycles. The minimum absolute atomic E-state index is 0. The van der Waals surface area contributed by atoms with E-state index in [1.54, 1.807) is 19.3 Å². The van der Waals surface area contributed by atoms with Crippen LogP contribution in [-0.2, 0) is 0 Å². The number of anilines is 1. The number of aromatic nitrogens is 1. The zero-order valence-corrected chi connectivity index (χ0v) is 19.5. The Kier molecular flexibility index (Phi) is 9.20. The standard InChI is InChI=1S/C20H33FN6.HI/c1-15(2)13-26-10-5-6-17(26)12-24-20(22-3)25-16-8-11-27(14-16)19-18(21)7-4-9-23-19;/h4,7,9,15-17H,5-6,8,10-14H2,1-3H3,(H2,22,24,25);1H/t16?,17-;/m1./s1. The number of aliphatic imine (C=N–C) groups is 1. The Balaban J connectivity index is 0.00000280. The van der Waals surface area contributed by atoms with Crippen LogP contribution in [0.4, 0.5) is 10.2 Å². The van der Waals surface area contributed by atoms with E-state index in [1.165, 1.54) is 25.5 Å². The lowest BCUT2D eigenvalue weighted by Crippen LogP contribution is -2.48. The highest BCUT2D eigenvalue weighted by Gasteiger charge is 2.27. The summed E-state index contributed by atoms with van der Waals surface area (Å²) in [7, 11) is 1.81. The molecule has 1 unspecified atom stereocenters. The third-order valence-corrected chi connectivity index (χ3v) is 5.40. The second-order valence-electron chi connectivity index (χ2n) is 8.02. The normalized spacial score (nSPS) is 23.2. The summed E-state index contributed by atoms with van der Waals surface area (Å²) in [6.07, 6.45) is 5.11. The summed E-state index contributed by atoms with van der Waals surface area (Å²) in [4.78, 5) is 13.2. The summed E-state index contributed by atoms with van der Waals surface area (Å²) in [5.41, 5.74) is 0. The van der Waals surface area contributed by atoms with Crippen LogP contribution in [0.15, 0.2) is 23.3 Å². The number of hydrogen-bond acceptors (Lipinski definition) is 4. The third kappa shape index (κ3) is 6.17. The molecule has 0 spiro atoms. The lowest BCUT2D eigenvalue weighted by atomic mass is 10.1. The number of guanidine groups is 1. The zero-order valence-electron chi connectivity index (χ0n) is 17.2. The summed E-state index contributed by atoms with van der Waals surface area (Å²) in [6.45, 7) is 9.36. The van der Waals surface area contributed by atoms with Gasteiger partial charge < -0.3 is 15.5 Å². The quantitative estimate of drug-likeness (QED) is 0.355. The Morgan fingerprint density at radius 3 is 2.89 bits per heavy atom. The van der Waals surface area contributed by atoms with Crippen LogP contribution < -0.4 is 15.5 Å². The molecular weight excluding hydrogens is 470 g/mol. The molecule has 28 heavy (non-hydrogen) atoms. The average Bonchev–Trinajstić information content (AvgIpc) is 3.28. The molecule has 3 heterocycles. The number of halogens is 2. The van der Waals surface area contributed by atoms with Crippen molar-refractivity contribution in [3.05, 3.63) is 24.1 Å². The van der Waals surface area contributed by atoms with Crippen LogP contribution in [0.25, 0.3) is 0 Å². The highest BCUT2D eigenvalue weighted by Crippen LogP contribution is 2.21. The molecule has 6 nitrogen and oxygen atoms in total. The molecule has 2 fully saturated rings. The van der Waals surface area contributed by atoms with E-state index in [2.05, 4.69) is 39.4 Å². The predicted molar refractivity (Wildman–Crippen MR) is 124 cm³/mol. The number of pyridine rings is 1. The minimum atomic E-state index is -0.257. The van der Waals surface area contributed by atoms with Crippen LogP contribution in [0.3, 0.4) is 0 Å². The van der Waals surface area contributed by atoms with Gasteiger partial charge >= 0.3 is 0 Å². The van der Waals surface area contributed by atoms with E-state index in [-0.39, 0.29) is 35.8 Å². The molecule has 0 amide bonds. The molecule has 8 heteroatoms. The maximum Gasteiger partial charge on any atom is 0.191 e. The van der Waals surface area contributed by atoms with E-state index in [0.717, 1.165) is 38.6 Å². The fraction of sp³-hybridized carbons (Fsp3) is 0.700. The van der Waals surface area contributed by atoms with Crippen molar-refractivity contribution < 1.29 is 4.39 Å². The predicted octanol–water partition coefficient (Wildman–Crippen LogP) is 2.70. The number of nitrogens with one attached hydrogen (secondary N) is 2. The van der Waals surface area contributed by atoms with Crippen LogP contribution >= 0.6 is 24.0 Å². The zero-order chi connectivity index (χ0) is 19.2. The van der Waals surface area contributed by atoms with E-state index >= 15 is 0 Å². The summed E-state index contributed by atoms with van der Waals surface area (Å²) >= 11 is 0. The average molecular weight is 504 g/mol. The molecular formula is C20H34FIN6. The summed E-state index contributed by atoms with van der Waals surface area (Å²) < 4.78 is 14.0. The van der Waals surface area contributed by atoms with Crippen molar-refractivity contribution in [3.8, 4) is 0 Å². The minimum Gasteiger partial charge on any atom is -0.355 e. The van der Waals surface area contributed by atoms with Crippen molar-refractivity contribution in [2.75, 3.05) is 44.7 Å². The maximum absolute atomic E-state index is 14.0. The summed E-state index contributed by atoms with van der Waals surface area (Å²) in [5.74, 6) is 1.71. The third-order valence-electron chi connectivity index (χ3n) is 5.40. The number of rotatable bonds is 6. The van der Waals surface area contributed by atoms with Gasteiger partial charge in [0.05, 0.1) is 0 Å². The van der Waals surface area contributed by atoms with Crippen LogP contribution in [0.2, 0.25) is 0 Å². The van der Waals surface area contributed by atoms with Crippen molar-refractivity contribution >= 4 is 35.8 Å². The van der Waals surface area contributed by atoms with Gasteiger partial charge in [-0.25, -0.2) is 9.37 Å². The van der Waals surface area contributed by atoms with Gasteiger partial charge in [-0.15, -0.1) is 24.0 Å². The SMILES string of the molecule is CN=C(NC[C@H]1CCCN1CC(C)C)NC1CCN(c2ncccc2F)C1.I. The molecule has 2 atom stereocenters. The van der Waals surface area contributed by atoms with Gasteiger partial charge in [-0.2, -0.15) is 0 Å². The molecule has 2 saturated heterocycles. The molecule has 1 aromatic rings. The lowest BCUT2D eigenvalue weighted by molar-refractivity contribution is 0.226. The topological polar surface area (TPSA) is 55.8 Å². The molecule has 1 aromatic heterocycles. The molecule has 0 aromatic carbocycles. The van der Waals surface area contributed by atoms with Crippen molar-refractivity contribution in [3.63, 3.8) is 0 Å². The Morgan fingerprint density at radius 1 is 1.36 bits per heavy atom. The molecule has 2 N–H and O–H groups in total. The first-order valence-electron chi connectivity index (χ1n) is 10.1. The van der Waals surface area contributed by atoms with Gasteiger partial charge in [0.15, 0.2) is 17.6 Å². The van der Waals surface area contributed by atoms with Gasteiger partial charge in [0, 0.05) is 51.5 Å². The largest absolute Gasteiger partial charge is 0.355 e. The highest BCUT2D eigenvalue weighted by molar-refractivity contribution is 14.0. The molecule has 3 rings (SSSR count). The first kappa shape index (κ1) is 23.1. The second-order valence-corrected chi connectivity index (χ2v) is 8.02. The Labute approximate surface area is 185 Å². The van der Waals surface area contributed by atoms with Gasteiger partial charge in [-0.1, -0.05) is 13.8 Å². The van der Waals surface area contributed by atoms with Gasteiger partial charge in [-0.05, 0) is 43.9 Å². The molecule has 0 radical (unpaired) electrons. The van der Waals surface area contributed by atoms with Gasteiger partial charge in [0.25, 0.3) is 0 Å². The smallest absolute Gasteiger partial charge is 0.191 e. The van der Waals surface area contributed by atoms with Crippen LogP contribution in [0, 0.1) is 11.7 Å². The molecule has 0 bridgehead atoms. The fourth-order valence-electron chi connectivity index (χ4n) is 4.12. The first-order chi connectivity index (χ1) is 13.1. The van der Waals surface area contributed by atoms with Crippen molar-refractivity contribution in [1.82, 2.24) is 20.5 Å². The fourth-order valence-corrected chi connectivity index (χ4v) is 4.12. The lowest BCUT2D eigenvalue weighted by Gasteiger charge is -2.27. The van der Waals surface area contributed by atoms with E-state index in [1.807, 2.05) is 4.90 Å². The molecule has 2 aliphatic heterocycles. The van der Waals surface area contributed by atoms with Crippen molar-refractivity contribution in [2.24, 2.45) is 10.9 Å². The van der Waals surface area contributed by atoms with Gasteiger partial charge in [-0.3, -0.25) is 9.89 Å². The summed E-state index contributed by atoms with van der Waals surface area (Å²) in [6, 6.07) is 3.91. The van der Waals surface area contributed by atoms with Crippen molar-refractivity contribution in [1.29, 1.82) is 0 Å². The Bertz CT molecular complexity index is 641. The highest BCUT2D eigenvalue weighted by atomic mass is 127. The van der Waals surface area contributed by atoms with Crippen molar-refractivity contribution in [2.45, 2.75) is 45.2 Å². The van der Waals surface area contributed by atoms with Gasteiger partial charge in [0.1, 0.15) is 0 Å². The van der Waals surface area contributed by atoms with Crippen LogP contribution in [-0.4, -0.2) is 67.7 Å². The molecule has 158 valence electrons. The van der Waals surface area contributed by atoms with E-state index in [0.29, 0.717) is 17.8 Å². The summed E-state index contributed by atoms with van der Waals surface area (Å²) in [5, 5.41) is 6.99. The monoisotopic (exact) mass is 504 g/mol. The number of hydrogen-bond donors (Lipinski definition) is 2. The molecule has 0 aliphatic carbocycles. The van der Waals surface area contributed by atoms with E-state index < -0.39 is 0 Å². The number of likely N-dealkylation sites (tertiary alicyclic amines) is 1. The van der Waals surface area contributed by atoms with Crippen LogP contribution in [0.1, 0.15) is 33.1 Å². The molecule has 2 aliphatic rings. The first-order valence-corrected chi connectivity index (χ1v) is 10.1. The van der Waals surface area contributed by atoms with Crippen LogP contribution in [0.5, 0.6) is 0 Å².